The zero-order valence-corrected chi connectivity index (χ0v) is 8.73. The van der Waals surface area contributed by atoms with E-state index in [1.807, 2.05) is 36.4 Å². The predicted octanol–water partition coefficient (Wildman–Crippen LogP) is 1.34. The van der Waals surface area contributed by atoms with Crippen molar-refractivity contribution in [3.63, 3.8) is 0 Å². The Kier molecular flexibility index (Phi) is 3.03. The van der Waals surface area contributed by atoms with Gasteiger partial charge in [0.05, 0.1) is 5.69 Å². The minimum atomic E-state index is -0.201. The lowest BCUT2D eigenvalue weighted by Gasteiger charge is -2.02. The highest BCUT2D eigenvalue weighted by atomic mass is 16.1. The van der Waals surface area contributed by atoms with E-state index in [9.17, 15) is 4.79 Å². The number of benzene rings is 1. The lowest BCUT2D eigenvalue weighted by molar-refractivity contribution is 1.19. The summed E-state index contributed by atoms with van der Waals surface area (Å²) in [5.74, 6) is 0. The van der Waals surface area contributed by atoms with Gasteiger partial charge < -0.3 is 15.7 Å². The highest BCUT2D eigenvalue weighted by Crippen LogP contribution is 2.21. The summed E-state index contributed by atoms with van der Waals surface area (Å²) < 4.78 is 0. The number of hydrogen-bond donors (Lipinski definition) is 3. The quantitative estimate of drug-likeness (QED) is 0.722. The fraction of sp³-hybridized carbons (Fsp3) is 0.0833. The zero-order chi connectivity index (χ0) is 11.4. The number of nitrogens with one attached hydrogen (secondary N) is 2. The largest absolute Gasteiger partial charge is 0.327 e. The molecule has 0 radical (unpaired) electrons. The van der Waals surface area contributed by atoms with E-state index in [2.05, 4.69) is 9.97 Å². The maximum atomic E-state index is 11.0. The number of hydrogen-bond acceptors (Lipinski definition) is 2. The summed E-state index contributed by atoms with van der Waals surface area (Å²) in [5.41, 5.74) is 8.01. The summed E-state index contributed by atoms with van der Waals surface area (Å²) >= 11 is 0. The Morgan fingerprint density at radius 3 is 2.81 bits per heavy atom. The van der Waals surface area contributed by atoms with E-state index in [4.69, 9.17) is 5.73 Å². The van der Waals surface area contributed by atoms with Gasteiger partial charge in [-0.2, -0.15) is 0 Å². The molecule has 0 atom stereocenters. The van der Waals surface area contributed by atoms with Gasteiger partial charge in [-0.15, -0.1) is 0 Å². The van der Waals surface area contributed by atoms with Crippen LogP contribution in [-0.2, 0) is 0 Å². The maximum absolute atomic E-state index is 11.0. The highest BCUT2D eigenvalue weighted by molar-refractivity contribution is 5.72. The molecule has 0 amide bonds. The normalized spacial score (nSPS) is 11.1. The second-order valence-corrected chi connectivity index (χ2v) is 3.38. The number of imidazole rings is 1. The topological polar surface area (TPSA) is 74.7 Å². The smallest absolute Gasteiger partial charge is 0.323 e. The molecule has 0 aliphatic heterocycles. The van der Waals surface area contributed by atoms with Crippen molar-refractivity contribution in [3.8, 4) is 11.3 Å². The molecule has 1 aromatic heterocycles. The molecule has 2 rings (SSSR count). The van der Waals surface area contributed by atoms with Gasteiger partial charge in [0.1, 0.15) is 0 Å². The Labute approximate surface area is 92.8 Å². The molecule has 0 aliphatic carbocycles. The number of H-pyrrole nitrogens is 2. The van der Waals surface area contributed by atoms with Crippen LogP contribution in [0.1, 0.15) is 5.56 Å². The lowest BCUT2D eigenvalue weighted by atomic mass is 10.0. The first-order valence-electron chi connectivity index (χ1n) is 5.05. The zero-order valence-electron chi connectivity index (χ0n) is 8.73. The minimum Gasteiger partial charge on any atom is -0.327 e. The second-order valence-electron chi connectivity index (χ2n) is 3.38. The molecule has 0 bridgehead atoms. The van der Waals surface area contributed by atoms with Crippen LogP contribution in [0.4, 0.5) is 0 Å². The van der Waals surface area contributed by atoms with Crippen LogP contribution >= 0.6 is 0 Å². The van der Waals surface area contributed by atoms with Crippen LogP contribution in [-0.4, -0.2) is 16.5 Å². The van der Waals surface area contributed by atoms with Crippen molar-refractivity contribution in [2.45, 2.75) is 0 Å². The van der Waals surface area contributed by atoms with E-state index in [-0.39, 0.29) is 5.69 Å². The van der Waals surface area contributed by atoms with E-state index in [1.165, 1.54) is 0 Å². The Bertz CT molecular complexity index is 551. The van der Waals surface area contributed by atoms with Crippen LogP contribution in [0.3, 0.4) is 0 Å². The molecule has 0 aliphatic rings. The van der Waals surface area contributed by atoms with Crippen molar-refractivity contribution in [3.05, 3.63) is 52.6 Å². The van der Waals surface area contributed by atoms with E-state index in [0.717, 1.165) is 16.8 Å². The molecule has 4 heteroatoms. The molecule has 4 N–H and O–H groups in total. The number of rotatable bonds is 3. The Morgan fingerprint density at radius 1 is 1.31 bits per heavy atom. The van der Waals surface area contributed by atoms with Crippen LogP contribution in [0.25, 0.3) is 17.3 Å². The molecule has 1 heterocycles. The molecule has 0 saturated carbocycles. The van der Waals surface area contributed by atoms with Crippen molar-refractivity contribution in [2.24, 2.45) is 5.73 Å². The first-order valence-corrected chi connectivity index (χ1v) is 5.05. The van der Waals surface area contributed by atoms with Gasteiger partial charge in [0.2, 0.25) is 0 Å². The first-order chi connectivity index (χ1) is 7.81. The molecule has 4 nitrogen and oxygen atoms in total. The number of aromatic nitrogens is 2. The molecule has 82 valence electrons. The fourth-order valence-corrected chi connectivity index (χ4v) is 1.56. The van der Waals surface area contributed by atoms with Gasteiger partial charge in [0.15, 0.2) is 0 Å². The molecule has 0 fully saturated rings. The van der Waals surface area contributed by atoms with Crippen molar-refractivity contribution in [1.82, 2.24) is 9.97 Å². The third kappa shape index (κ3) is 2.12. The van der Waals surface area contributed by atoms with Gasteiger partial charge in [0, 0.05) is 18.3 Å². The molecule has 1 aromatic carbocycles. The Morgan fingerprint density at radius 2 is 2.12 bits per heavy atom. The average molecular weight is 215 g/mol. The van der Waals surface area contributed by atoms with Gasteiger partial charge in [-0.25, -0.2) is 4.79 Å². The number of nitrogens with two attached hydrogens (primary N) is 1. The van der Waals surface area contributed by atoms with Gasteiger partial charge in [0.25, 0.3) is 0 Å². The summed E-state index contributed by atoms with van der Waals surface area (Å²) in [6, 6.07) is 7.81. The van der Waals surface area contributed by atoms with Crippen LogP contribution in [0, 0.1) is 0 Å². The first kappa shape index (κ1) is 10.4. The van der Waals surface area contributed by atoms with E-state index >= 15 is 0 Å². The molecule has 0 unspecified atom stereocenters. The van der Waals surface area contributed by atoms with Crippen molar-refractivity contribution in [1.29, 1.82) is 0 Å². The standard InChI is InChI=1S/C12H13N3O/c13-7-3-5-9-4-1-2-6-10(9)11-8-14-12(16)15-11/h1-6,8H,7,13H2,(H2,14,15,16)/b5-3+. The third-order valence-electron chi connectivity index (χ3n) is 2.28. The summed E-state index contributed by atoms with van der Waals surface area (Å²) in [6.45, 7) is 0.498. The monoisotopic (exact) mass is 215 g/mol. The molecule has 0 spiro atoms. The Hall–Kier alpha value is -2.07. The summed E-state index contributed by atoms with van der Waals surface area (Å²) in [7, 11) is 0. The van der Waals surface area contributed by atoms with E-state index < -0.39 is 0 Å². The van der Waals surface area contributed by atoms with E-state index in [1.54, 1.807) is 6.20 Å². The lowest BCUT2D eigenvalue weighted by Crippen LogP contribution is -2.00. The minimum absolute atomic E-state index is 0.201. The van der Waals surface area contributed by atoms with Gasteiger partial charge in [-0.3, -0.25) is 0 Å². The number of aromatic amines is 2. The van der Waals surface area contributed by atoms with Crippen molar-refractivity contribution < 1.29 is 0 Å². The van der Waals surface area contributed by atoms with Gasteiger partial charge in [-0.05, 0) is 5.56 Å². The molecule has 0 saturated heterocycles. The SMILES string of the molecule is NC/C=C/c1ccccc1-c1c[nH]c(=O)[nH]1. The molecular weight excluding hydrogens is 202 g/mol. The average Bonchev–Trinajstić information content (AvgIpc) is 2.73. The van der Waals surface area contributed by atoms with E-state index in [0.29, 0.717) is 6.54 Å². The van der Waals surface area contributed by atoms with Crippen LogP contribution < -0.4 is 11.4 Å². The third-order valence-corrected chi connectivity index (χ3v) is 2.28. The van der Waals surface area contributed by atoms with Crippen LogP contribution in [0.2, 0.25) is 0 Å². The summed E-state index contributed by atoms with van der Waals surface area (Å²) in [4.78, 5) is 16.4. The van der Waals surface area contributed by atoms with Gasteiger partial charge in [-0.1, -0.05) is 36.4 Å². The fourth-order valence-electron chi connectivity index (χ4n) is 1.56. The van der Waals surface area contributed by atoms with Crippen LogP contribution in [0.15, 0.2) is 41.3 Å². The van der Waals surface area contributed by atoms with Crippen LogP contribution in [0.5, 0.6) is 0 Å². The highest BCUT2D eigenvalue weighted by Gasteiger charge is 2.03. The summed E-state index contributed by atoms with van der Waals surface area (Å²) in [5, 5.41) is 0. The molecular formula is C12H13N3O. The van der Waals surface area contributed by atoms with Crippen molar-refractivity contribution >= 4 is 6.08 Å². The Balaban J connectivity index is 2.48. The summed E-state index contributed by atoms with van der Waals surface area (Å²) in [6.07, 6.45) is 5.49. The van der Waals surface area contributed by atoms with Gasteiger partial charge >= 0.3 is 5.69 Å². The van der Waals surface area contributed by atoms with Crippen molar-refractivity contribution in [2.75, 3.05) is 6.54 Å². The maximum Gasteiger partial charge on any atom is 0.323 e. The molecule has 16 heavy (non-hydrogen) atoms. The molecule has 2 aromatic rings. The predicted molar refractivity (Wildman–Crippen MR) is 64.9 cm³/mol. The second kappa shape index (κ2) is 4.63.